The number of hydrogen-bond donors (Lipinski definition) is 0. The van der Waals surface area contributed by atoms with Crippen LogP contribution in [0.4, 0.5) is 17.1 Å². The Kier molecular flexibility index (Phi) is 9.40. The molecule has 13 rings (SSSR count). The summed E-state index contributed by atoms with van der Waals surface area (Å²) in [5.41, 5.74) is 8.98. The molecule has 0 saturated carbocycles. The second kappa shape index (κ2) is 17.7. The normalized spacial score (nSPS) is 14.3. The predicted octanol–water partition coefficient (Wildman–Crippen LogP) is 11.6. The van der Waals surface area contributed by atoms with Crippen LogP contribution in [0, 0.1) is 13.8 Å². The van der Waals surface area contributed by atoms with Crippen molar-refractivity contribution in [2.75, 3.05) is 4.90 Å². The SMILES string of the molecule is [2H]c1c([2H])c([2H])c(-c2ccc3c(c2)c2cc(N(c4ccc(C)cc4)c4ccc(C)cc4)ccc2n3-c2ccc([Si]3(c4ccccc4)c4ccccc4[Si](c4ccccc4)(c4ccccc4)c4ccccc43)cc2)c([2H])c1[2H]. The van der Waals surface area contributed by atoms with Gasteiger partial charge in [-0.05, 0) is 133 Å². The molecular weight excluding hydrogens is 901 g/mol. The Hall–Kier alpha value is -8.55. The van der Waals surface area contributed by atoms with E-state index in [-0.39, 0.29) is 29.7 Å². The van der Waals surface area contributed by atoms with Gasteiger partial charge < -0.3 is 9.47 Å². The van der Waals surface area contributed by atoms with Crippen molar-refractivity contribution in [1.29, 1.82) is 0 Å². The smallest absolute Gasteiger partial charge is 0.179 e. The predicted molar refractivity (Wildman–Crippen MR) is 311 cm³/mol. The van der Waals surface area contributed by atoms with E-state index in [1.165, 1.54) is 52.6 Å². The molecule has 0 fully saturated rings. The van der Waals surface area contributed by atoms with Gasteiger partial charge >= 0.3 is 0 Å². The summed E-state index contributed by atoms with van der Waals surface area (Å²) in [5.74, 6) is 0. The summed E-state index contributed by atoms with van der Waals surface area (Å²) in [7, 11) is -5.95. The molecule has 12 aromatic rings. The van der Waals surface area contributed by atoms with Gasteiger partial charge in [-0.15, -0.1) is 0 Å². The van der Waals surface area contributed by atoms with Crippen LogP contribution in [0.1, 0.15) is 18.0 Å². The number of rotatable bonds is 9. The fraction of sp³-hybridized carbons (Fsp3) is 0.0294. The standard InChI is InChI=1S/C68H52N2Si2/c1-49-31-36-53(37-32-49)69(54-38-33-50(2)34-39-54)56-42-46-64-62(48-56)61-47-52(51-19-7-3-8-20-51)35-45-63(61)70(64)55-40-43-60(44-41-55)72(59-25-13-6-14-26-59)67-29-17-15-27-65(67)71(57-21-9-4-10-22-57,58-23-11-5-12-24-58)66-28-16-18-30-68(66)72/h3-48H,1-2H3/i3D,7D,8D,19D,20D. The van der Waals surface area contributed by atoms with Gasteiger partial charge in [0, 0.05) is 33.5 Å². The number of fused-ring (bicyclic) bond motifs is 5. The highest BCUT2D eigenvalue weighted by atomic mass is 28.3. The third-order valence-corrected chi connectivity index (χ3v) is 25.3. The van der Waals surface area contributed by atoms with Crippen LogP contribution in [-0.4, -0.2) is 20.7 Å². The summed E-state index contributed by atoms with van der Waals surface area (Å²) in [6.45, 7) is 4.20. The van der Waals surface area contributed by atoms with Crippen molar-refractivity contribution in [3.8, 4) is 16.8 Å². The van der Waals surface area contributed by atoms with Crippen LogP contribution in [0.5, 0.6) is 0 Å². The summed E-state index contributed by atoms with van der Waals surface area (Å²) in [4.78, 5) is 2.27. The third kappa shape index (κ3) is 6.82. The van der Waals surface area contributed by atoms with Crippen molar-refractivity contribution in [2.45, 2.75) is 13.8 Å². The van der Waals surface area contributed by atoms with E-state index < -0.39 is 22.2 Å². The first-order valence-electron chi connectivity index (χ1n) is 27.2. The van der Waals surface area contributed by atoms with E-state index in [9.17, 15) is 0 Å². The van der Waals surface area contributed by atoms with Crippen LogP contribution in [0.25, 0.3) is 38.6 Å². The highest BCUT2D eigenvalue weighted by Gasteiger charge is 2.56. The zero-order valence-corrected chi connectivity index (χ0v) is 42.1. The monoisotopic (exact) mass is 957 g/mol. The van der Waals surface area contributed by atoms with E-state index in [0.717, 1.165) is 44.6 Å². The minimum atomic E-state index is -3.07. The molecule has 1 aliphatic rings. The lowest BCUT2D eigenvalue weighted by Gasteiger charge is -2.48. The van der Waals surface area contributed by atoms with E-state index in [1.807, 2.05) is 18.2 Å². The van der Waals surface area contributed by atoms with Crippen LogP contribution in [0.2, 0.25) is 0 Å². The number of nitrogens with zero attached hydrogens (tertiary/aromatic N) is 2. The minimum Gasteiger partial charge on any atom is -0.310 e. The fourth-order valence-electron chi connectivity index (χ4n) is 11.9. The maximum Gasteiger partial charge on any atom is 0.179 e. The van der Waals surface area contributed by atoms with Crippen molar-refractivity contribution in [1.82, 2.24) is 4.57 Å². The van der Waals surface area contributed by atoms with Gasteiger partial charge in [0.25, 0.3) is 0 Å². The summed E-state index contributed by atoms with van der Waals surface area (Å²) >= 11 is 0. The van der Waals surface area contributed by atoms with Gasteiger partial charge in [-0.2, -0.15) is 0 Å². The molecule has 0 bridgehead atoms. The second-order valence-corrected chi connectivity index (χ2v) is 26.5. The number of aryl methyl sites for hydroxylation is 2. The largest absolute Gasteiger partial charge is 0.310 e. The maximum atomic E-state index is 9.00. The minimum absolute atomic E-state index is 0.177. The summed E-state index contributed by atoms with van der Waals surface area (Å²) in [5, 5.41) is 12.9. The molecule has 0 amide bonds. The molecule has 72 heavy (non-hydrogen) atoms. The van der Waals surface area contributed by atoms with E-state index in [4.69, 9.17) is 6.85 Å². The average molecular weight is 958 g/mol. The highest BCUT2D eigenvalue weighted by Crippen LogP contribution is 2.41. The van der Waals surface area contributed by atoms with Gasteiger partial charge in [0.15, 0.2) is 16.1 Å². The maximum absolute atomic E-state index is 9.00. The van der Waals surface area contributed by atoms with Crippen molar-refractivity contribution in [2.24, 2.45) is 0 Å². The molecule has 11 aromatic carbocycles. The summed E-state index contributed by atoms with van der Waals surface area (Å²) in [6.07, 6.45) is 0. The Morgan fingerprint density at radius 1 is 0.347 bits per heavy atom. The lowest BCUT2D eigenvalue weighted by molar-refractivity contribution is 1.18. The number of hydrogen-bond acceptors (Lipinski definition) is 1. The molecule has 342 valence electrons. The molecule has 0 aliphatic carbocycles. The Bertz CT molecular complexity index is 4060. The van der Waals surface area contributed by atoms with Crippen molar-refractivity contribution >= 4 is 96.5 Å². The Balaban J connectivity index is 1.05. The Labute approximate surface area is 431 Å². The molecule has 0 saturated heterocycles. The number of anilines is 3. The van der Waals surface area contributed by atoms with E-state index in [2.05, 4.69) is 254 Å². The Morgan fingerprint density at radius 2 is 0.736 bits per heavy atom. The molecule has 4 heteroatoms. The molecule has 0 N–H and O–H groups in total. The van der Waals surface area contributed by atoms with Crippen LogP contribution >= 0.6 is 0 Å². The van der Waals surface area contributed by atoms with Gasteiger partial charge in [-0.25, -0.2) is 0 Å². The van der Waals surface area contributed by atoms with Crippen LogP contribution in [0.3, 0.4) is 0 Å². The van der Waals surface area contributed by atoms with Crippen LogP contribution in [0.15, 0.2) is 279 Å². The lowest BCUT2D eigenvalue weighted by atomic mass is 10.0. The van der Waals surface area contributed by atoms with Gasteiger partial charge in [0.1, 0.15) is 0 Å². The molecular formula is C68H52N2Si2. The van der Waals surface area contributed by atoms with Gasteiger partial charge in [-0.3, -0.25) is 0 Å². The molecule has 0 atom stereocenters. The zero-order valence-electron chi connectivity index (χ0n) is 45.1. The first kappa shape index (κ1) is 38.2. The second-order valence-electron chi connectivity index (χ2n) is 19.0. The number of aromatic nitrogens is 1. The first-order valence-corrected chi connectivity index (χ1v) is 28.7. The highest BCUT2D eigenvalue weighted by molar-refractivity contribution is 7.32. The topological polar surface area (TPSA) is 8.17 Å². The van der Waals surface area contributed by atoms with Crippen LogP contribution in [-0.2, 0) is 0 Å². The molecule has 0 radical (unpaired) electrons. The third-order valence-electron chi connectivity index (χ3n) is 15.0. The van der Waals surface area contributed by atoms with E-state index in [0.29, 0.717) is 5.56 Å². The van der Waals surface area contributed by atoms with Crippen molar-refractivity contribution in [3.63, 3.8) is 0 Å². The summed E-state index contributed by atoms with van der Waals surface area (Å²) in [6, 6.07) is 89.8. The molecule has 2 heterocycles. The van der Waals surface area contributed by atoms with Gasteiger partial charge in [0.2, 0.25) is 0 Å². The van der Waals surface area contributed by atoms with E-state index >= 15 is 0 Å². The molecule has 2 nitrogen and oxygen atoms in total. The van der Waals surface area contributed by atoms with Gasteiger partial charge in [0.05, 0.1) is 17.9 Å². The quantitative estimate of drug-likeness (QED) is 0.131. The molecule has 0 spiro atoms. The van der Waals surface area contributed by atoms with Crippen molar-refractivity contribution < 1.29 is 6.85 Å². The lowest BCUT2D eigenvalue weighted by Crippen LogP contribution is -2.93. The van der Waals surface area contributed by atoms with Crippen LogP contribution < -0.4 is 46.4 Å². The zero-order chi connectivity index (χ0) is 52.6. The Morgan fingerprint density at radius 3 is 1.19 bits per heavy atom. The molecule has 0 unspecified atom stereocenters. The van der Waals surface area contributed by atoms with Crippen molar-refractivity contribution in [3.05, 3.63) is 290 Å². The fourth-order valence-corrected chi connectivity index (χ4v) is 23.9. The molecule has 1 aromatic heterocycles. The summed E-state index contributed by atoms with van der Waals surface area (Å²) < 4.78 is 45.9. The first-order chi connectivity index (χ1) is 37.6. The average Bonchev–Trinajstić information content (AvgIpc) is 3.97. The molecule has 1 aliphatic heterocycles. The van der Waals surface area contributed by atoms with Gasteiger partial charge in [-0.1, -0.05) is 223 Å². The van der Waals surface area contributed by atoms with E-state index in [1.54, 1.807) is 0 Å². The number of benzene rings is 11.